The first kappa shape index (κ1) is 11.5. The molecule has 0 radical (unpaired) electrons. The molecular formula is C11H20O3. The van der Waals surface area contributed by atoms with Gasteiger partial charge in [0, 0.05) is 6.61 Å². The summed E-state index contributed by atoms with van der Waals surface area (Å²) in [6.45, 7) is 2.57. The van der Waals surface area contributed by atoms with Gasteiger partial charge in [0.15, 0.2) is 5.60 Å². The molecule has 1 aliphatic carbocycles. The molecule has 3 heteroatoms. The van der Waals surface area contributed by atoms with Crippen molar-refractivity contribution in [2.24, 2.45) is 0 Å². The van der Waals surface area contributed by atoms with Crippen molar-refractivity contribution in [3.05, 3.63) is 0 Å². The highest BCUT2D eigenvalue weighted by Gasteiger charge is 2.39. The van der Waals surface area contributed by atoms with Crippen LogP contribution in [-0.2, 0) is 9.53 Å². The third-order valence-corrected chi connectivity index (χ3v) is 2.88. The Balaban J connectivity index is 2.62. The number of ether oxygens (including phenoxy) is 1. The second-order valence-electron chi connectivity index (χ2n) is 4.06. The fourth-order valence-electron chi connectivity index (χ4n) is 2.02. The molecule has 0 aliphatic heterocycles. The van der Waals surface area contributed by atoms with E-state index in [0.717, 1.165) is 32.1 Å². The van der Waals surface area contributed by atoms with Gasteiger partial charge in [0.25, 0.3) is 0 Å². The van der Waals surface area contributed by atoms with Crippen LogP contribution in [0.25, 0.3) is 0 Å². The average Bonchev–Trinajstić information content (AvgIpc) is 2.41. The van der Waals surface area contributed by atoms with Crippen molar-refractivity contribution in [3.63, 3.8) is 0 Å². The number of carboxylic acid groups (broad SMARTS) is 1. The number of aliphatic carboxylic acids is 1. The Morgan fingerprint density at radius 1 is 1.29 bits per heavy atom. The quantitative estimate of drug-likeness (QED) is 0.709. The van der Waals surface area contributed by atoms with E-state index in [1.54, 1.807) is 0 Å². The predicted molar refractivity (Wildman–Crippen MR) is 54.3 cm³/mol. The molecule has 0 aromatic rings. The zero-order chi connectivity index (χ0) is 10.4. The maximum atomic E-state index is 11.2. The van der Waals surface area contributed by atoms with Gasteiger partial charge in [-0.2, -0.15) is 0 Å². The molecule has 0 atom stereocenters. The summed E-state index contributed by atoms with van der Waals surface area (Å²) >= 11 is 0. The first-order valence-electron chi connectivity index (χ1n) is 5.58. The number of hydrogen-bond acceptors (Lipinski definition) is 2. The molecule has 1 fully saturated rings. The van der Waals surface area contributed by atoms with Crippen LogP contribution in [0.1, 0.15) is 51.9 Å². The summed E-state index contributed by atoms with van der Waals surface area (Å²) in [7, 11) is 0. The Hall–Kier alpha value is -0.570. The van der Waals surface area contributed by atoms with Crippen LogP contribution < -0.4 is 0 Å². The highest BCUT2D eigenvalue weighted by Crippen LogP contribution is 2.30. The maximum Gasteiger partial charge on any atom is 0.335 e. The highest BCUT2D eigenvalue weighted by molar-refractivity contribution is 5.77. The van der Waals surface area contributed by atoms with Gasteiger partial charge in [0.05, 0.1) is 0 Å². The molecule has 14 heavy (non-hydrogen) atoms. The molecule has 1 saturated carbocycles. The highest BCUT2D eigenvalue weighted by atomic mass is 16.5. The first-order chi connectivity index (χ1) is 6.71. The fraction of sp³-hybridized carbons (Fsp3) is 0.909. The van der Waals surface area contributed by atoms with E-state index in [2.05, 4.69) is 0 Å². The van der Waals surface area contributed by atoms with Gasteiger partial charge in [-0.3, -0.25) is 0 Å². The third kappa shape index (κ3) is 2.71. The summed E-state index contributed by atoms with van der Waals surface area (Å²) in [5, 5.41) is 9.22. The maximum absolute atomic E-state index is 11.2. The Morgan fingerprint density at radius 3 is 2.29 bits per heavy atom. The van der Waals surface area contributed by atoms with Crippen LogP contribution in [-0.4, -0.2) is 23.3 Å². The summed E-state index contributed by atoms with van der Waals surface area (Å²) in [6, 6.07) is 0. The lowest BCUT2D eigenvalue weighted by molar-refractivity contribution is -0.168. The molecule has 0 unspecified atom stereocenters. The summed E-state index contributed by atoms with van der Waals surface area (Å²) < 4.78 is 5.56. The Labute approximate surface area is 85.5 Å². The Kier molecular flexibility index (Phi) is 4.39. The number of hydrogen-bond donors (Lipinski definition) is 1. The van der Waals surface area contributed by atoms with Gasteiger partial charge in [0.2, 0.25) is 0 Å². The van der Waals surface area contributed by atoms with Gasteiger partial charge in [-0.15, -0.1) is 0 Å². The second kappa shape index (κ2) is 5.35. The first-order valence-corrected chi connectivity index (χ1v) is 5.58. The Bertz CT molecular complexity index is 181. The van der Waals surface area contributed by atoms with Crippen molar-refractivity contribution in [2.45, 2.75) is 57.5 Å². The summed E-state index contributed by atoms with van der Waals surface area (Å²) in [6.07, 6.45) is 6.50. The van der Waals surface area contributed by atoms with E-state index < -0.39 is 11.6 Å². The molecule has 0 heterocycles. The number of carbonyl (C=O) groups is 1. The molecule has 1 aliphatic rings. The van der Waals surface area contributed by atoms with Crippen molar-refractivity contribution in [3.8, 4) is 0 Å². The van der Waals surface area contributed by atoms with E-state index >= 15 is 0 Å². The minimum atomic E-state index is -0.869. The summed E-state index contributed by atoms with van der Waals surface area (Å²) in [5.74, 6) is -0.771. The van der Waals surface area contributed by atoms with Gasteiger partial charge < -0.3 is 9.84 Å². The topological polar surface area (TPSA) is 46.5 Å². The van der Waals surface area contributed by atoms with Crippen molar-refractivity contribution < 1.29 is 14.6 Å². The van der Waals surface area contributed by atoms with Gasteiger partial charge in [0.1, 0.15) is 0 Å². The monoisotopic (exact) mass is 200 g/mol. The van der Waals surface area contributed by atoms with Crippen LogP contribution >= 0.6 is 0 Å². The van der Waals surface area contributed by atoms with E-state index in [4.69, 9.17) is 4.74 Å². The number of carboxylic acids is 1. The SMILES string of the molecule is CCCOC1(C(=O)O)CCCCCC1. The molecule has 0 saturated heterocycles. The lowest BCUT2D eigenvalue weighted by Gasteiger charge is -2.28. The molecule has 0 spiro atoms. The number of rotatable bonds is 4. The third-order valence-electron chi connectivity index (χ3n) is 2.88. The molecule has 1 N–H and O–H groups in total. The van der Waals surface area contributed by atoms with E-state index in [1.165, 1.54) is 0 Å². The smallest absolute Gasteiger partial charge is 0.335 e. The zero-order valence-electron chi connectivity index (χ0n) is 8.92. The van der Waals surface area contributed by atoms with Gasteiger partial charge in [-0.05, 0) is 32.1 Å². The van der Waals surface area contributed by atoms with Crippen LogP contribution in [0, 0.1) is 0 Å². The van der Waals surface area contributed by atoms with Crippen molar-refractivity contribution >= 4 is 5.97 Å². The summed E-state index contributed by atoms with van der Waals surface area (Å²) in [5.41, 5.74) is -0.869. The van der Waals surface area contributed by atoms with Gasteiger partial charge >= 0.3 is 5.97 Å². The van der Waals surface area contributed by atoms with Crippen LogP contribution in [0.3, 0.4) is 0 Å². The molecule has 0 amide bonds. The average molecular weight is 200 g/mol. The lowest BCUT2D eigenvalue weighted by Crippen LogP contribution is -2.41. The van der Waals surface area contributed by atoms with Crippen LogP contribution in [0.2, 0.25) is 0 Å². The minimum absolute atomic E-state index is 0.562. The van der Waals surface area contributed by atoms with Gasteiger partial charge in [-0.25, -0.2) is 4.79 Å². The van der Waals surface area contributed by atoms with Crippen LogP contribution in [0.4, 0.5) is 0 Å². The van der Waals surface area contributed by atoms with Crippen molar-refractivity contribution in [2.75, 3.05) is 6.61 Å². The van der Waals surface area contributed by atoms with Crippen molar-refractivity contribution in [1.82, 2.24) is 0 Å². The van der Waals surface area contributed by atoms with Crippen molar-refractivity contribution in [1.29, 1.82) is 0 Å². The molecule has 82 valence electrons. The molecule has 0 bridgehead atoms. The zero-order valence-corrected chi connectivity index (χ0v) is 8.92. The predicted octanol–water partition coefficient (Wildman–Crippen LogP) is 2.59. The van der Waals surface area contributed by atoms with E-state index in [0.29, 0.717) is 19.4 Å². The Morgan fingerprint density at radius 2 is 1.86 bits per heavy atom. The van der Waals surface area contributed by atoms with Gasteiger partial charge in [-0.1, -0.05) is 19.8 Å². The minimum Gasteiger partial charge on any atom is -0.479 e. The van der Waals surface area contributed by atoms with E-state index in [9.17, 15) is 9.90 Å². The fourth-order valence-corrected chi connectivity index (χ4v) is 2.02. The van der Waals surface area contributed by atoms with Crippen LogP contribution in [0.15, 0.2) is 0 Å². The molecule has 0 aromatic heterocycles. The van der Waals surface area contributed by atoms with Crippen LogP contribution in [0.5, 0.6) is 0 Å². The summed E-state index contributed by atoms with van der Waals surface area (Å²) in [4.78, 5) is 11.2. The molecule has 0 aromatic carbocycles. The largest absolute Gasteiger partial charge is 0.479 e. The van der Waals surface area contributed by atoms with E-state index in [-0.39, 0.29) is 0 Å². The molecule has 1 rings (SSSR count). The second-order valence-corrected chi connectivity index (χ2v) is 4.06. The normalized spacial score (nSPS) is 21.5. The lowest BCUT2D eigenvalue weighted by atomic mass is 9.94. The molecular weight excluding hydrogens is 180 g/mol. The molecule has 3 nitrogen and oxygen atoms in total. The standard InChI is InChI=1S/C11H20O3/c1-2-9-14-11(10(12)13)7-5-3-4-6-8-11/h2-9H2,1H3,(H,12,13). The van der Waals surface area contributed by atoms with E-state index in [1.807, 2.05) is 6.92 Å².